The number of carbonyl (C=O) groups is 2. The summed E-state index contributed by atoms with van der Waals surface area (Å²) in [6.45, 7) is 2.42. The molecule has 2 amide bonds. The average Bonchev–Trinajstić information content (AvgIpc) is 2.99. The molecule has 2 aromatic carbocycles. The summed E-state index contributed by atoms with van der Waals surface area (Å²) >= 11 is 0.989. The van der Waals surface area contributed by atoms with E-state index in [1.807, 2.05) is 42.5 Å². The van der Waals surface area contributed by atoms with Gasteiger partial charge in [-0.3, -0.25) is 14.5 Å². The number of nitrogens with zero attached hydrogens (tertiary/aromatic N) is 1. The van der Waals surface area contributed by atoms with E-state index < -0.39 is 0 Å². The van der Waals surface area contributed by atoms with Crippen molar-refractivity contribution in [3.8, 4) is 11.5 Å². The number of ether oxygens (including phenoxy) is 2. The normalized spacial score (nSPS) is 15.4. The second kappa shape index (κ2) is 8.97. The first-order valence-electron chi connectivity index (χ1n) is 9.11. The molecule has 0 saturated carbocycles. The number of aryl methyl sites for hydroxylation is 1. The summed E-state index contributed by atoms with van der Waals surface area (Å²) < 4.78 is 10.5. The fraction of sp³-hybridized carbons (Fsp3) is 0.273. The van der Waals surface area contributed by atoms with Gasteiger partial charge < -0.3 is 9.47 Å². The minimum atomic E-state index is -0.241. The predicted octanol–water partition coefficient (Wildman–Crippen LogP) is 4.55. The molecule has 1 fully saturated rings. The van der Waals surface area contributed by atoms with Crippen molar-refractivity contribution in [2.24, 2.45) is 0 Å². The molecule has 0 radical (unpaired) electrons. The molecule has 1 heterocycles. The zero-order valence-corrected chi connectivity index (χ0v) is 17.0. The van der Waals surface area contributed by atoms with Crippen LogP contribution in [-0.2, 0) is 17.6 Å². The number of benzene rings is 2. The number of carbonyl (C=O) groups excluding carboxylic acids is 2. The van der Waals surface area contributed by atoms with E-state index in [1.54, 1.807) is 20.3 Å². The third kappa shape index (κ3) is 4.39. The highest BCUT2D eigenvalue weighted by Gasteiger charge is 2.34. The maximum Gasteiger partial charge on any atom is 0.293 e. The van der Waals surface area contributed by atoms with Crippen LogP contribution in [0, 0.1) is 0 Å². The molecular formula is C22H23NO4S. The van der Waals surface area contributed by atoms with Crippen LogP contribution in [0.2, 0.25) is 0 Å². The van der Waals surface area contributed by atoms with Crippen LogP contribution in [0.5, 0.6) is 11.5 Å². The van der Waals surface area contributed by atoms with E-state index in [9.17, 15) is 9.59 Å². The van der Waals surface area contributed by atoms with Crippen LogP contribution in [-0.4, -0.2) is 36.8 Å². The lowest BCUT2D eigenvalue weighted by molar-refractivity contribution is -0.122. The molecule has 1 aliphatic rings. The third-order valence-electron chi connectivity index (χ3n) is 4.63. The Morgan fingerprint density at radius 2 is 1.64 bits per heavy atom. The van der Waals surface area contributed by atoms with E-state index in [4.69, 9.17) is 9.47 Å². The minimum absolute atomic E-state index is 0.234. The smallest absolute Gasteiger partial charge is 0.293 e. The van der Waals surface area contributed by atoms with Crippen LogP contribution in [0.3, 0.4) is 0 Å². The number of methoxy groups -OCH3 is 2. The summed E-state index contributed by atoms with van der Waals surface area (Å²) in [6, 6.07) is 13.6. The predicted molar refractivity (Wildman–Crippen MR) is 112 cm³/mol. The Bertz CT molecular complexity index is 905. The summed E-state index contributed by atoms with van der Waals surface area (Å²) in [7, 11) is 3.16. The standard InChI is InChI=1S/C22H23NO4S/c1-4-15-5-7-16(8-6-15)14-20-21(24)23(22(25)28-20)12-11-17-9-10-18(26-2)19(13-17)27-3/h5-10,13-14H,4,11-12H2,1-3H3/b20-14-. The molecule has 28 heavy (non-hydrogen) atoms. The first kappa shape index (κ1) is 20.0. The molecule has 1 aliphatic heterocycles. The molecule has 0 aromatic heterocycles. The number of amides is 2. The van der Waals surface area contributed by atoms with Gasteiger partial charge >= 0.3 is 0 Å². The van der Waals surface area contributed by atoms with Gasteiger partial charge in [0.1, 0.15) is 0 Å². The van der Waals surface area contributed by atoms with E-state index in [2.05, 4.69) is 6.92 Å². The number of imide groups is 1. The second-order valence-electron chi connectivity index (χ2n) is 6.37. The maximum atomic E-state index is 12.7. The summed E-state index contributed by atoms with van der Waals surface area (Å²) in [5.74, 6) is 1.04. The van der Waals surface area contributed by atoms with E-state index in [0.29, 0.717) is 29.4 Å². The fourth-order valence-electron chi connectivity index (χ4n) is 2.97. The van der Waals surface area contributed by atoms with Gasteiger partial charge in [-0.2, -0.15) is 0 Å². The van der Waals surface area contributed by atoms with Crippen molar-refractivity contribution in [2.45, 2.75) is 19.8 Å². The van der Waals surface area contributed by atoms with Crippen LogP contribution in [0.15, 0.2) is 47.4 Å². The van der Waals surface area contributed by atoms with Crippen molar-refractivity contribution in [1.82, 2.24) is 4.90 Å². The van der Waals surface area contributed by atoms with Crippen LogP contribution in [0.4, 0.5) is 4.79 Å². The minimum Gasteiger partial charge on any atom is -0.493 e. The Hall–Kier alpha value is -2.73. The van der Waals surface area contributed by atoms with Gasteiger partial charge in [-0.15, -0.1) is 0 Å². The Morgan fingerprint density at radius 3 is 2.29 bits per heavy atom. The molecular weight excluding hydrogens is 374 g/mol. The lowest BCUT2D eigenvalue weighted by atomic mass is 10.1. The molecule has 1 saturated heterocycles. The molecule has 0 N–H and O–H groups in total. The summed E-state index contributed by atoms with van der Waals surface area (Å²) in [5, 5.41) is -0.234. The molecule has 146 valence electrons. The third-order valence-corrected chi connectivity index (χ3v) is 5.54. The second-order valence-corrected chi connectivity index (χ2v) is 7.36. The molecule has 2 aromatic rings. The highest BCUT2D eigenvalue weighted by atomic mass is 32.2. The van der Waals surface area contributed by atoms with E-state index in [-0.39, 0.29) is 11.1 Å². The van der Waals surface area contributed by atoms with Gasteiger partial charge in [0.25, 0.3) is 11.1 Å². The zero-order chi connectivity index (χ0) is 20.1. The van der Waals surface area contributed by atoms with Gasteiger partial charge in [-0.05, 0) is 59.5 Å². The quantitative estimate of drug-likeness (QED) is 0.642. The van der Waals surface area contributed by atoms with Gasteiger partial charge in [-0.25, -0.2) is 0 Å². The fourth-order valence-corrected chi connectivity index (χ4v) is 3.84. The zero-order valence-electron chi connectivity index (χ0n) is 16.2. The Labute approximate surface area is 169 Å². The monoisotopic (exact) mass is 397 g/mol. The highest BCUT2D eigenvalue weighted by Crippen LogP contribution is 2.33. The van der Waals surface area contributed by atoms with Crippen LogP contribution >= 0.6 is 11.8 Å². The summed E-state index contributed by atoms with van der Waals surface area (Å²) in [5.41, 5.74) is 3.12. The van der Waals surface area contributed by atoms with Crippen molar-refractivity contribution in [1.29, 1.82) is 0 Å². The Morgan fingerprint density at radius 1 is 0.964 bits per heavy atom. The number of rotatable bonds is 7. The lowest BCUT2D eigenvalue weighted by Crippen LogP contribution is -2.30. The van der Waals surface area contributed by atoms with Crippen molar-refractivity contribution < 1.29 is 19.1 Å². The Kier molecular flexibility index (Phi) is 6.41. The van der Waals surface area contributed by atoms with Gasteiger partial charge in [0.05, 0.1) is 19.1 Å². The van der Waals surface area contributed by atoms with Gasteiger partial charge in [0.15, 0.2) is 11.5 Å². The molecule has 0 bridgehead atoms. The molecule has 3 rings (SSSR count). The van der Waals surface area contributed by atoms with E-state index in [0.717, 1.165) is 29.3 Å². The first-order valence-corrected chi connectivity index (χ1v) is 9.92. The van der Waals surface area contributed by atoms with E-state index >= 15 is 0 Å². The van der Waals surface area contributed by atoms with Crippen molar-refractivity contribution in [3.05, 3.63) is 64.1 Å². The molecule has 0 unspecified atom stereocenters. The lowest BCUT2D eigenvalue weighted by Gasteiger charge is -2.13. The van der Waals surface area contributed by atoms with Crippen LogP contribution in [0.1, 0.15) is 23.6 Å². The molecule has 0 atom stereocenters. The van der Waals surface area contributed by atoms with Crippen molar-refractivity contribution >= 4 is 29.0 Å². The van der Waals surface area contributed by atoms with E-state index in [1.165, 1.54) is 10.5 Å². The van der Waals surface area contributed by atoms with Crippen molar-refractivity contribution in [2.75, 3.05) is 20.8 Å². The van der Waals surface area contributed by atoms with Gasteiger partial charge in [0, 0.05) is 6.54 Å². The molecule has 6 heteroatoms. The summed E-state index contributed by atoms with van der Waals surface area (Å²) in [4.78, 5) is 26.7. The number of thioether (sulfide) groups is 1. The van der Waals surface area contributed by atoms with Gasteiger partial charge in [0.2, 0.25) is 0 Å². The Balaban J connectivity index is 1.69. The van der Waals surface area contributed by atoms with Gasteiger partial charge in [-0.1, -0.05) is 37.3 Å². The molecule has 5 nitrogen and oxygen atoms in total. The van der Waals surface area contributed by atoms with Crippen LogP contribution < -0.4 is 9.47 Å². The summed E-state index contributed by atoms with van der Waals surface area (Å²) in [6.07, 6.45) is 3.30. The van der Waals surface area contributed by atoms with Crippen LogP contribution in [0.25, 0.3) is 6.08 Å². The first-order chi connectivity index (χ1) is 13.5. The highest BCUT2D eigenvalue weighted by molar-refractivity contribution is 8.18. The average molecular weight is 397 g/mol. The SMILES string of the molecule is CCc1ccc(/C=C2\SC(=O)N(CCc3ccc(OC)c(OC)c3)C2=O)cc1. The number of hydrogen-bond donors (Lipinski definition) is 0. The largest absolute Gasteiger partial charge is 0.493 e. The topological polar surface area (TPSA) is 55.8 Å². The molecule has 0 aliphatic carbocycles. The maximum absolute atomic E-state index is 12.7. The molecule has 0 spiro atoms. The van der Waals surface area contributed by atoms with Crippen molar-refractivity contribution in [3.63, 3.8) is 0 Å². The number of hydrogen-bond acceptors (Lipinski definition) is 5.